The van der Waals surface area contributed by atoms with Gasteiger partial charge < -0.3 is 4.57 Å². The number of aryl methyl sites for hydroxylation is 1. The summed E-state index contributed by atoms with van der Waals surface area (Å²) in [5, 5.41) is 9.23. The topological polar surface area (TPSA) is 47.8 Å². The van der Waals surface area contributed by atoms with E-state index in [1.807, 2.05) is 61.5 Å². The number of Topliss-reactive ketones (excluding diaryl/α,β-unsaturated/α-hetero) is 1. The van der Waals surface area contributed by atoms with E-state index in [9.17, 15) is 4.79 Å². The molecule has 3 aromatic rings. The summed E-state index contributed by atoms with van der Waals surface area (Å²) in [4.78, 5) is 12.7. The van der Waals surface area contributed by atoms with Gasteiger partial charge in [0, 0.05) is 17.7 Å². The fourth-order valence-corrected chi connectivity index (χ4v) is 3.80. The fraction of sp³-hybridized carbons (Fsp3) is 0.286. The Hall–Kier alpha value is -2.40. The molecule has 0 aliphatic carbocycles. The maximum Gasteiger partial charge on any atom is 0.192 e. The second-order valence-electron chi connectivity index (χ2n) is 6.09. The third-order valence-corrected chi connectivity index (χ3v) is 5.44. The minimum atomic E-state index is -0.222. The van der Waals surface area contributed by atoms with Crippen molar-refractivity contribution < 1.29 is 4.79 Å². The molecule has 0 amide bonds. The Morgan fingerprint density at radius 2 is 1.73 bits per heavy atom. The molecule has 134 valence electrons. The van der Waals surface area contributed by atoms with Crippen LogP contribution in [0, 0.1) is 0 Å². The van der Waals surface area contributed by atoms with Gasteiger partial charge in [-0.1, -0.05) is 73.3 Å². The second kappa shape index (κ2) is 8.32. The Morgan fingerprint density at radius 3 is 2.35 bits per heavy atom. The molecular formula is C21H23N3OS. The van der Waals surface area contributed by atoms with Gasteiger partial charge in [0.15, 0.2) is 16.8 Å². The summed E-state index contributed by atoms with van der Waals surface area (Å²) in [7, 11) is 0. The summed E-state index contributed by atoms with van der Waals surface area (Å²) in [6.07, 6.45) is 0.973. The first-order valence-corrected chi connectivity index (χ1v) is 9.80. The lowest BCUT2D eigenvalue weighted by Gasteiger charge is -2.12. The van der Waals surface area contributed by atoms with E-state index in [0.717, 1.165) is 35.1 Å². The SMILES string of the molecule is CCc1ccc(C(=O)[C@@H](C)Sc2nnc(-c3ccccc3)n2CC)cc1. The number of benzene rings is 2. The second-order valence-corrected chi connectivity index (χ2v) is 7.40. The minimum Gasteiger partial charge on any atom is -0.302 e. The summed E-state index contributed by atoms with van der Waals surface area (Å²) in [6.45, 7) is 6.86. The van der Waals surface area contributed by atoms with Gasteiger partial charge in [0.1, 0.15) is 0 Å². The Balaban J connectivity index is 1.79. The summed E-state index contributed by atoms with van der Waals surface area (Å²) in [5.41, 5.74) is 3.01. The molecule has 0 unspecified atom stereocenters. The van der Waals surface area contributed by atoms with Crippen LogP contribution in [-0.2, 0) is 13.0 Å². The Kier molecular flexibility index (Phi) is 5.89. The number of nitrogens with zero attached hydrogens (tertiary/aromatic N) is 3. The molecule has 0 bridgehead atoms. The van der Waals surface area contributed by atoms with Gasteiger partial charge in [-0.3, -0.25) is 4.79 Å². The van der Waals surface area contributed by atoms with Crippen molar-refractivity contribution in [2.24, 2.45) is 0 Å². The number of thioether (sulfide) groups is 1. The van der Waals surface area contributed by atoms with Gasteiger partial charge in [0.05, 0.1) is 5.25 Å². The van der Waals surface area contributed by atoms with Crippen molar-refractivity contribution in [2.45, 2.75) is 44.1 Å². The van der Waals surface area contributed by atoms with Crippen LogP contribution in [0.25, 0.3) is 11.4 Å². The van der Waals surface area contributed by atoms with Crippen LogP contribution in [0.4, 0.5) is 0 Å². The number of hydrogen-bond acceptors (Lipinski definition) is 4. The van der Waals surface area contributed by atoms with E-state index in [0.29, 0.717) is 0 Å². The van der Waals surface area contributed by atoms with Gasteiger partial charge in [0.2, 0.25) is 0 Å². The molecule has 0 fully saturated rings. The van der Waals surface area contributed by atoms with Crippen LogP contribution in [0.1, 0.15) is 36.7 Å². The van der Waals surface area contributed by atoms with E-state index < -0.39 is 0 Å². The van der Waals surface area contributed by atoms with Crippen LogP contribution >= 0.6 is 11.8 Å². The first-order valence-electron chi connectivity index (χ1n) is 8.92. The van der Waals surface area contributed by atoms with Crippen molar-refractivity contribution in [3.05, 3.63) is 65.7 Å². The van der Waals surface area contributed by atoms with Gasteiger partial charge >= 0.3 is 0 Å². The average molecular weight is 366 g/mol. The highest BCUT2D eigenvalue weighted by Crippen LogP contribution is 2.28. The van der Waals surface area contributed by atoms with Gasteiger partial charge in [-0.15, -0.1) is 10.2 Å². The largest absolute Gasteiger partial charge is 0.302 e. The number of rotatable bonds is 7. The minimum absolute atomic E-state index is 0.115. The number of ketones is 1. The molecule has 4 nitrogen and oxygen atoms in total. The maximum atomic E-state index is 12.7. The van der Waals surface area contributed by atoms with Crippen LogP contribution in [0.2, 0.25) is 0 Å². The van der Waals surface area contributed by atoms with Gasteiger partial charge in [-0.2, -0.15) is 0 Å². The highest BCUT2D eigenvalue weighted by atomic mass is 32.2. The highest BCUT2D eigenvalue weighted by molar-refractivity contribution is 8.00. The van der Waals surface area contributed by atoms with Crippen LogP contribution < -0.4 is 0 Å². The molecule has 5 heteroatoms. The van der Waals surface area contributed by atoms with Gasteiger partial charge in [-0.05, 0) is 25.8 Å². The molecule has 1 atom stereocenters. The van der Waals surface area contributed by atoms with Crippen molar-refractivity contribution in [1.29, 1.82) is 0 Å². The van der Waals surface area contributed by atoms with E-state index in [4.69, 9.17) is 0 Å². The molecule has 0 aliphatic heterocycles. The van der Waals surface area contributed by atoms with Crippen LogP contribution in [-0.4, -0.2) is 25.8 Å². The lowest BCUT2D eigenvalue weighted by atomic mass is 10.1. The van der Waals surface area contributed by atoms with E-state index in [1.165, 1.54) is 17.3 Å². The van der Waals surface area contributed by atoms with Crippen molar-refractivity contribution in [3.63, 3.8) is 0 Å². The summed E-state index contributed by atoms with van der Waals surface area (Å²) in [6, 6.07) is 17.9. The molecule has 2 aromatic carbocycles. The molecule has 1 aromatic heterocycles. The number of carbonyl (C=O) groups is 1. The monoisotopic (exact) mass is 365 g/mol. The summed E-state index contributed by atoms with van der Waals surface area (Å²) >= 11 is 1.46. The highest BCUT2D eigenvalue weighted by Gasteiger charge is 2.21. The first kappa shape index (κ1) is 18.4. The van der Waals surface area contributed by atoms with Crippen molar-refractivity contribution in [3.8, 4) is 11.4 Å². The van der Waals surface area contributed by atoms with Crippen molar-refractivity contribution in [2.75, 3.05) is 0 Å². The lowest BCUT2D eigenvalue weighted by molar-refractivity contribution is 0.0994. The lowest BCUT2D eigenvalue weighted by Crippen LogP contribution is -2.14. The van der Waals surface area contributed by atoms with Crippen LogP contribution in [0.15, 0.2) is 59.8 Å². The molecule has 0 radical (unpaired) electrons. The van der Waals surface area contributed by atoms with Crippen molar-refractivity contribution in [1.82, 2.24) is 14.8 Å². The predicted octanol–water partition coefficient (Wildman–Crippen LogP) is 4.89. The third kappa shape index (κ3) is 3.88. The number of aromatic nitrogens is 3. The normalized spacial score (nSPS) is 12.1. The molecule has 0 saturated carbocycles. The molecule has 0 aliphatic rings. The van der Waals surface area contributed by atoms with Crippen LogP contribution in [0.5, 0.6) is 0 Å². The quantitative estimate of drug-likeness (QED) is 0.442. The standard InChI is InChI=1S/C21H23N3OS/c1-4-16-11-13-17(14-12-16)19(25)15(3)26-21-23-22-20(24(21)5-2)18-9-7-6-8-10-18/h6-15H,4-5H2,1-3H3/t15-/m1/s1. The Labute approximate surface area is 158 Å². The van der Waals surface area contributed by atoms with E-state index in [1.54, 1.807) is 0 Å². The Bertz CT molecular complexity index is 872. The van der Waals surface area contributed by atoms with Gasteiger partial charge in [-0.25, -0.2) is 0 Å². The zero-order valence-corrected chi connectivity index (χ0v) is 16.2. The smallest absolute Gasteiger partial charge is 0.192 e. The zero-order valence-electron chi connectivity index (χ0n) is 15.3. The van der Waals surface area contributed by atoms with Crippen molar-refractivity contribution >= 4 is 17.5 Å². The fourth-order valence-electron chi connectivity index (χ4n) is 2.81. The summed E-state index contributed by atoms with van der Waals surface area (Å²) in [5.74, 6) is 0.951. The zero-order chi connectivity index (χ0) is 18.5. The summed E-state index contributed by atoms with van der Waals surface area (Å²) < 4.78 is 2.06. The number of carbonyl (C=O) groups excluding carboxylic acids is 1. The van der Waals surface area contributed by atoms with E-state index in [2.05, 4.69) is 28.6 Å². The maximum absolute atomic E-state index is 12.7. The molecule has 0 saturated heterocycles. The van der Waals surface area contributed by atoms with Crippen LogP contribution in [0.3, 0.4) is 0 Å². The molecule has 26 heavy (non-hydrogen) atoms. The number of hydrogen-bond donors (Lipinski definition) is 0. The third-order valence-electron chi connectivity index (χ3n) is 4.36. The average Bonchev–Trinajstić information content (AvgIpc) is 3.10. The molecule has 1 heterocycles. The first-order chi connectivity index (χ1) is 12.6. The van der Waals surface area contributed by atoms with E-state index in [-0.39, 0.29) is 11.0 Å². The predicted molar refractivity (Wildman–Crippen MR) is 107 cm³/mol. The Morgan fingerprint density at radius 1 is 1.04 bits per heavy atom. The molecular weight excluding hydrogens is 342 g/mol. The van der Waals surface area contributed by atoms with E-state index >= 15 is 0 Å². The molecule has 3 rings (SSSR count). The van der Waals surface area contributed by atoms with Gasteiger partial charge in [0.25, 0.3) is 0 Å². The molecule has 0 spiro atoms. The molecule has 0 N–H and O–H groups in total.